The van der Waals surface area contributed by atoms with Gasteiger partial charge >= 0.3 is 0 Å². The van der Waals surface area contributed by atoms with Gasteiger partial charge in [0.2, 0.25) is 0 Å². The highest BCUT2D eigenvalue weighted by molar-refractivity contribution is 14.2. The second-order valence-corrected chi connectivity index (χ2v) is 5.63. The highest BCUT2D eigenvalue weighted by Crippen LogP contribution is 2.26. The van der Waals surface area contributed by atoms with E-state index in [0.717, 1.165) is 32.0 Å². The van der Waals surface area contributed by atoms with Crippen LogP contribution < -0.4 is 4.90 Å². The molecule has 3 rings (SSSR count). The second-order valence-electron chi connectivity index (χ2n) is 3.92. The van der Waals surface area contributed by atoms with Crippen LogP contribution in [0.3, 0.4) is 0 Å². The molecule has 6 heteroatoms. The van der Waals surface area contributed by atoms with E-state index < -0.39 is 0 Å². The smallest absolute Gasteiger partial charge is 0.150 e. The molecule has 17 heavy (non-hydrogen) atoms. The number of nitrogens with zero attached hydrogens (tertiary/aromatic N) is 3. The van der Waals surface area contributed by atoms with Crippen molar-refractivity contribution >= 4 is 47.0 Å². The molecule has 0 amide bonds. The molecule has 0 bridgehead atoms. The molecule has 1 saturated heterocycles. The number of rotatable bonds is 2. The Morgan fingerprint density at radius 3 is 2.94 bits per heavy atom. The molecule has 0 atom stereocenters. The van der Waals surface area contributed by atoms with Crippen molar-refractivity contribution in [3.63, 3.8) is 0 Å². The first-order valence-corrected chi connectivity index (χ1v) is 8.79. The van der Waals surface area contributed by atoms with Crippen molar-refractivity contribution in [2.24, 2.45) is 0 Å². The summed E-state index contributed by atoms with van der Waals surface area (Å²) in [5, 5.41) is 1.19. The maximum absolute atomic E-state index is 5.36. The van der Waals surface area contributed by atoms with Gasteiger partial charge in [0.15, 0.2) is 5.65 Å². The van der Waals surface area contributed by atoms with Gasteiger partial charge in [-0.1, -0.05) is 0 Å². The lowest BCUT2D eigenvalue weighted by Crippen LogP contribution is -2.36. The topological polar surface area (TPSA) is 30.3 Å². The number of halogens is 1. The third-order valence-electron chi connectivity index (χ3n) is 2.93. The number of morpholine rings is 1. The number of ether oxygens (including phenoxy) is 1. The van der Waals surface area contributed by atoms with E-state index in [1.54, 1.807) is 9.12 Å². The zero-order valence-corrected chi connectivity index (χ0v) is 12.1. The molecule has 0 aliphatic carbocycles. The predicted molar refractivity (Wildman–Crippen MR) is 79.8 cm³/mol. The van der Waals surface area contributed by atoms with Gasteiger partial charge in [-0.15, -0.1) is 0 Å². The third-order valence-corrected chi connectivity index (χ3v) is 4.65. The van der Waals surface area contributed by atoms with Gasteiger partial charge in [-0.2, -0.15) is 0 Å². The van der Waals surface area contributed by atoms with Gasteiger partial charge < -0.3 is 9.64 Å². The number of pyridine rings is 1. The summed E-state index contributed by atoms with van der Waals surface area (Å²) in [4.78, 5) is 6.87. The number of hydrogen-bond donors (Lipinski definition) is 0. The monoisotopic (exact) mass is 361 g/mol. The SMILES string of the molecule is ISn1ccc2cc(N3CCOCC3)cnc21. The normalized spacial score (nSPS) is 16.6. The first-order chi connectivity index (χ1) is 8.38. The number of hydrogen-bond acceptors (Lipinski definition) is 4. The van der Waals surface area contributed by atoms with E-state index in [2.05, 4.69) is 53.4 Å². The first-order valence-electron chi connectivity index (χ1n) is 5.47. The molecular weight excluding hydrogens is 349 g/mol. The molecule has 0 aromatic carbocycles. The minimum Gasteiger partial charge on any atom is -0.378 e. The molecule has 0 spiro atoms. The molecule has 90 valence electrons. The summed E-state index contributed by atoms with van der Waals surface area (Å²) in [6.07, 6.45) is 4.01. The number of anilines is 1. The summed E-state index contributed by atoms with van der Waals surface area (Å²) >= 11 is 2.26. The van der Waals surface area contributed by atoms with Crippen molar-refractivity contribution in [2.45, 2.75) is 0 Å². The fourth-order valence-corrected chi connectivity index (χ4v) is 3.32. The summed E-state index contributed by atoms with van der Waals surface area (Å²) in [6, 6.07) is 4.31. The fraction of sp³-hybridized carbons (Fsp3) is 0.364. The van der Waals surface area contributed by atoms with E-state index in [0.29, 0.717) is 0 Å². The van der Waals surface area contributed by atoms with Crippen molar-refractivity contribution in [1.29, 1.82) is 0 Å². The summed E-state index contributed by atoms with van der Waals surface area (Å²) in [5.74, 6) is 0. The van der Waals surface area contributed by atoms with Crippen molar-refractivity contribution < 1.29 is 4.74 Å². The van der Waals surface area contributed by atoms with E-state index in [1.165, 1.54) is 11.1 Å². The van der Waals surface area contributed by atoms with Crippen molar-refractivity contribution in [3.8, 4) is 0 Å². The lowest BCUT2D eigenvalue weighted by molar-refractivity contribution is 0.122. The van der Waals surface area contributed by atoms with Crippen LogP contribution in [0, 0.1) is 0 Å². The standard InChI is InChI=1S/C11H12IN3OS/c12-17-15-2-1-9-7-10(8-13-11(9)15)14-3-5-16-6-4-14/h1-2,7-8H,3-6H2. The lowest BCUT2D eigenvalue weighted by Gasteiger charge is -2.28. The minimum absolute atomic E-state index is 0.808. The van der Waals surface area contributed by atoms with Gasteiger partial charge in [0.1, 0.15) is 0 Å². The Kier molecular flexibility index (Phi) is 3.44. The zero-order chi connectivity index (χ0) is 11.7. The quantitative estimate of drug-likeness (QED) is 0.770. The maximum atomic E-state index is 5.36. The maximum Gasteiger partial charge on any atom is 0.150 e. The van der Waals surface area contributed by atoms with Gasteiger partial charge in [-0.3, -0.25) is 3.97 Å². The van der Waals surface area contributed by atoms with Crippen molar-refractivity contribution in [1.82, 2.24) is 8.96 Å². The Morgan fingerprint density at radius 2 is 2.18 bits per heavy atom. The average molecular weight is 361 g/mol. The molecule has 2 aromatic heterocycles. The number of aromatic nitrogens is 2. The predicted octanol–water partition coefficient (Wildman–Crippen LogP) is 2.72. The van der Waals surface area contributed by atoms with Crippen LogP contribution in [0.15, 0.2) is 24.5 Å². The van der Waals surface area contributed by atoms with Crippen LogP contribution >= 0.6 is 30.3 Å². The Morgan fingerprint density at radius 1 is 1.35 bits per heavy atom. The second kappa shape index (κ2) is 5.03. The van der Waals surface area contributed by atoms with Gasteiger partial charge in [-0.05, 0) is 12.1 Å². The summed E-state index contributed by atoms with van der Waals surface area (Å²) in [6.45, 7) is 3.52. The van der Waals surface area contributed by atoms with Crippen LogP contribution in [0.2, 0.25) is 0 Å². The molecule has 4 nitrogen and oxygen atoms in total. The van der Waals surface area contributed by atoms with Gasteiger partial charge in [0.05, 0.1) is 25.1 Å². The molecule has 1 aliphatic rings. The summed E-state index contributed by atoms with van der Waals surface area (Å²) in [7, 11) is 1.64. The molecule has 2 aromatic rings. The summed E-state index contributed by atoms with van der Waals surface area (Å²) < 4.78 is 7.43. The van der Waals surface area contributed by atoms with Gasteiger partial charge in [0.25, 0.3) is 0 Å². The Balaban J connectivity index is 1.95. The van der Waals surface area contributed by atoms with E-state index >= 15 is 0 Å². The first kappa shape index (κ1) is 11.6. The van der Waals surface area contributed by atoms with Crippen LogP contribution in [0.4, 0.5) is 5.69 Å². The largest absolute Gasteiger partial charge is 0.378 e. The highest BCUT2D eigenvalue weighted by Gasteiger charge is 2.12. The molecule has 3 heterocycles. The average Bonchev–Trinajstić information content (AvgIpc) is 2.81. The fourth-order valence-electron chi connectivity index (χ4n) is 2.04. The molecule has 0 radical (unpaired) electrons. The van der Waals surface area contributed by atoms with Crippen LogP contribution in [0.1, 0.15) is 0 Å². The lowest BCUT2D eigenvalue weighted by atomic mass is 10.3. The highest BCUT2D eigenvalue weighted by atomic mass is 127. The van der Waals surface area contributed by atoms with E-state index in [-0.39, 0.29) is 0 Å². The zero-order valence-electron chi connectivity index (χ0n) is 9.17. The molecule has 1 aliphatic heterocycles. The van der Waals surface area contributed by atoms with Crippen LogP contribution in [-0.4, -0.2) is 35.3 Å². The molecular formula is C11H12IN3OS. The molecule has 0 saturated carbocycles. The van der Waals surface area contributed by atoms with Gasteiger partial charge in [0, 0.05) is 55.0 Å². The third kappa shape index (κ3) is 2.25. The van der Waals surface area contributed by atoms with Crippen LogP contribution in [0.25, 0.3) is 11.0 Å². The Labute approximate surface area is 116 Å². The van der Waals surface area contributed by atoms with E-state index in [9.17, 15) is 0 Å². The minimum atomic E-state index is 0.808. The summed E-state index contributed by atoms with van der Waals surface area (Å²) in [5.41, 5.74) is 2.22. The Hall–Kier alpha value is -0.470. The number of fused-ring (bicyclic) bond motifs is 1. The van der Waals surface area contributed by atoms with E-state index in [4.69, 9.17) is 4.74 Å². The molecule has 0 unspecified atom stereocenters. The van der Waals surface area contributed by atoms with Crippen LogP contribution in [-0.2, 0) is 4.74 Å². The Bertz CT molecular complexity index is 524. The van der Waals surface area contributed by atoms with Crippen molar-refractivity contribution in [3.05, 3.63) is 24.5 Å². The van der Waals surface area contributed by atoms with Gasteiger partial charge in [-0.25, -0.2) is 4.98 Å². The van der Waals surface area contributed by atoms with Crippen LogP contribution in [0.5, 0.6) is 0 Å². The molecule has 1 fully saturated rings. The van der Waals surface area contributed by atoms with E-state index in [1.807, 2.05) is 6.20 Å². The van der Waals surface area contributed by atoms with Crippen molar-refractivity contribution in [2.75, 3.05) is 31.2 Å². The molecule has 0 N–H and O–H groups in total.